The van der Waals surface area contributed by atoms with Gasteiger partial charge in [0, 0.05) is 38.3 Å². The molecule has 0 aliphatic carbocycles. The predicted molar refractivity (Wildman–Crippen MR) is 194 cm³/mol. The molecule has 270 valence electrons. The number of benzene rings is 4. The van der Waals surface area contributed by atoms with Gasteiger partial charge in [0.05, 0.1) is 5.56 Å². The molecule has 0 unspecified atom stereocenters. The molecule has 1 aliphatic heterocycles. The number of esters is 1. The Hall–Kier alpha value is -4.76. The maximum absolute atomic E-state index is 13.5. The first kappa shape index (κ1) is 37.5. The maximum Gasteiger partial charge on any atom is 0.338 e. The van der Waals surface area contributed by atoms with E-state index in [1.165, 1.54) is 24.3 Å². The second-order valence-electron chi connectivity index (χ2n) is 13.9. The molecular weight excluding hydrogens is 650 g/mol. The molecule has 0 N–H and O–H groups in total. The molecule has 1 saturated heterocycles. The quantitative estimate of drug-likeness (QED) is 0.117. The van der Waals surface area contributed by atoms with Crippen molar-refractivity contribution in [1.82, 2.24) is 9.80 Å². The van der Waals surface area contributed by atoms with Gasteiger partial charge in [-0.3, -0.25) is 9.69 Å². The number of ether oxygens (including phenoxy) is 3. The minimum Gasteiger partial charge on any atom is -0.489 e. The summed E-state index contributed by atoms with van der Waals surface area (Å²) >= 11 is 0. The summed E-state index contributed by atoms with van der Waals surface area (Å²) in [4.78, 5) is 30.6. The number of amides is 1. The zero-order valence-electron chi connectivity index (χ0n) is 30.0. The molecule has 1 heterocycles. The molecule has 0 bridgehead atoms. The molecule has 0 radical (unpaired) electrons. The summed E-state index contributed by atoms with van der Waals surface area (Å²) in [6, 6.07) is 23.4. The van der Waals surface area contributed by atoms with E-state index in [2.05, 4.69) is 32.6 Å². The van der Waals surface area contributed by atoms with Gasteiger partial charge in [0.15, 0.2) is 0 Å². The molecule has 5 rings (SSSR count). The molecule has 7 nitrogen and oxygen atoms in total. The third kappa shape index (κ3) is 11.1. The van der Waals surface area contributed by atoms with Crippen LogP contribution in [0.4, 0.5) is 8.78 Å². The topological polar surface area (TPSA) is 68.3 Å². The van der Waals surface area contributed by atoms with Gasteiger partial charge in [-0.25, -0.2) is 13.6 Å². The van der Waals surface area contributed by atoms with Crippen LogP contribution >= 0.6 is 0 Å². The van der Waals surface area contributed by atoms with Gasteiger partial charge in [0.25, 0.3) is 5.91 Å². The van der Waals surface area contributed by atoms with Crippen molar-refractivity contribution in [2.45, 2.75) is 53.8 Å². The van der Waals surface area contributed by atoms with Crippen LogP contribution in [0.15, 0.2) is 84.9 Å². The number of nitrogens with zero attached hydrogens (tertiary/aromatic N) is 2. The lowest BCUT2D eigenvalue weighted by Crippen LogP contribution is -2.49. The Morgan fingerprint density at radius 1 is 0.647 bits per heavy atom. The first-order chi connectivity index (χ1) is 24.5. The normalized spacial score (nSPS) is 13.5. The third-order valence-corrected chi connectivity index (χ3v) is 8.78. The summed E-state index contributed by atoms with van der Waals surface area (Å²) in [6.07, 6.45) is 1.50. The minimum atomic E-state index is -0.388. The molecule has 51 heavy (non-hydrogen) atoms. The molecule has 4 aromatic carbocycles. The smallest absolute Gasteiger partial charge is 0.338 e. The first-order valence-corrected chi connectivity index (χ1v) is 17.7. The molecule has 1 amide bonds. The minimum absolute atomic E-state index is 0.0153. The van der Waals surface area contributed by atoms with Gasteiger partial charge >= 0.3 is 5.97 Å². The molecule has 9 heteroatoms. The number of carbonyl (C=O) groups excluding carboxylic acids is 2. The number of hydrogen-bond acceptors (Lipinski definition) is 6. The zero-order chi connectivity index (χ0) is 36.3. The average molecular weight is 699 g/mol. The Kier molecular flexibility index (Phi) is 13.2. The van der Waals surface area contributed by atoms with Crippen molar-refractivity contribution in [2.24, 2.45) is 11.8 Å². The van der Waals surface area contributed by atoms with E-state index in [1.54, 1.807) is 36.4 Å². The zero-order valence-corrected chi connectivity index (χ0v) is 30.0. The van der Waals surface area contributed by atoms with E-state index in [9.17, 15) is 18.4 Å². The second-order valence-corrected chi connectivity index (χ2v) is 13.9. The highest BCUT2D eigenvalue weighted by molar-refractivity contribution is 5.94. The monoisotopic (exact) mass is 698 g/mol. The van der Waals surface area contributed by atoms with Gasteiger partial charge < -0.3 is 19.1 Å². The van der Waals surface area contributed by atoms with E-state index in [1.807, 2.05) is 29.2 Å². The summed E-state index contributed by atoms with van der Waals surface area (Å²) in [5, 5.41) is 0. The van der Waals surface area contributed by atoms with Gasteiger partial charge in [0.2, 0.25) is 0 Å². The number of halogens is 2. The Morgan fingerprint density at radius 2 is 1.12 bits per heavy atom. The first-order valence-electron chi connectivity index (χ1n) is 17.7. The molecule has 1 aliphatic rings. The Bertz CT molecular complexity index is 1750. The van der Waals surface area contributed by atoms with Crippen LogP contribution in [0.5, 0.6) is 11.5 Å². The Morgan fingerprint density at radius 3 is 1.61 bits per heavy atom. The molecule has 0 aromatic heterocycles. The van der Waals surface area contributed by atoms with Gasteiger partial charge in [-0.1, -0.05) is 52.0 Å². The number of carbonyl (C=O) groups is 2. The second kappa shape index (κ2) is 17.9. The van der Waals surface area contributed by atoms with Crippen LogP contribution in [0.2, 0.25) is 0 Å². The molecule has 4 aromatic rings. The van der Waals surface area contributed by atoms with Crippen molar-refractivity contribution in [3.63, 3.8) is 0 Å². The van der Waals surface area contributed by atoms with E-state index < -0.39 is 0 Å². The van der Waals surface area contributed by atoms with E-state index in [0.717, 1.165) is 40.8 Å². The highest BCUT2D eigenvalue weighted by Crippen LogP contribution is 2.27. The highest BCUT2D eigenvalue weighted by Gasteiger charge is 2.23. The largest absolute Gasteiger partial charge is 0.489 e. The fraction of sp³-hybridized carbons (Fsp3) is 0.381. The fourth-order valence-electron chi connectivity index (χ4n) is 6.09. The van der Waals surface area contributed by atoms with Crippen LogP contribution in [-0.2, 0) is 30.8 Å². The molecule has 0 spiro atoms. The molecule has 0 saturated carbocycles. The molecule has 0 atom stereocenters. The van der Waals surface area contributed by atoms with Crippen molar-refractivity contribution >= 4 is 11.9 Å². The van der Waals surface area contributed by atoms with E-state index in [-0.39, 0.29) is 30.1 Å². The number of rotatable bonds is 15. The van der Waals surface area contributed by atoms with Crippen LogP contribution in [0, 0.1) is 23.5 Å². The summed E-state index contributed by atoms with van der Waals surface area (Å²) in [5.41, 5.74) is 4.73. The highest BCUT2D eigenvalue weighted by atomic mass is 19.1. The van der Waals surface area contributed by atoms with Crippen LogP contribution in [0.25, 0.3) is 0 Å². The van der Waals surface area contributed by atoms with Gasteiger partial charge in [-0.2, -0.15) is 0 Å². The molecular formula is C42H48F2N2O5. The Balaban J connectivity index is 1.10. The maximum atomic E-state index is 13.5. The van der Waals surface area contributed by atoms with E-state index in [0.29, 0.717) is 74.6 Å². The lowest BCUT2D eigenvalue weighted by Gasteiger charge is -2.34. The van der Waals surface area contributed by atoms with Gasteiger partial charge in [0.1, 0.15) is 43.0 Å². The summed E-state index contributed by atoms with van der Waals surface area (Å²) < 4.78 is 44.4. The third-order valence-electron chi connectivity index (χ3n) is 8.78. The van der Waals surface area contributed by atoms with Crippen LogP contribution < -0.4 is 9.47 Å². The van der Waals surface area contributed by atoms with Crippen LogP contribution in [0.1, 0.15) is 70.7 Å². The van der Waals surface area contributed by atoms with E-state index >= 15 is 0 Å². The summed E-state index contributed by atoms with van der Waals surface area (Å²) in [5.74, 6) is 1.17. The Labute approximate surface area is 300 Å². The molecule has 1 fully saturated rings. The van der Waals surface area contributed by atoms with Crippen molar-refractivity contribution in [2.75, 3.05) is 39.3 Å². The summed E-state index contributed by atoms with van der Waals surface area (Å²) in [6.45, 7) is 12.4. The fourth-order valence-corrected chi connectivity index (χ4v) is 6.09. The lowest BCUT2D eigenvalue weighted by atomic mass is 9.99. The standard InChI is InChI=1S/C42H48F2N2O5/c1-29(2)23-35-25-33(9-15-39(35)50-27-31-5-11-37(43)12-6-31)41(47)46-19-17-45(18-20-46)21-22-49-42(48)34-10-16-40(36(26-34)24-30(3)4)51-28-32-7-13-38(44)14-8-32/h5-16,25-26,29-30H,17-24,27-28H2,1-4H3. The van der Waals surface area contributed by atoms with Crippen molar-refractivity contribution < 1.29 is 32.6 Å². The van der Waals surface area contributed by atoms with Crippen molar-refractivity contribution in [3.8, 4) is 11.5 Å². The van der Waals surface area contributed by atoms with Gasteiger partial charge in [-0.05, 0) is 108 Å². The van der Waals surface area contributed by atoms with Gasteiger partial charge in [-0.15, -0.1) is 0 Å². The summed E-state index contributed by atoms with van der Waals surface area (Å²) in [7, 11) is 0. The van der Waals surface area contributed by atoms with Crippen molar-refractivity contribution in [3.05, 3.63) is 130 Å². The average Bonchev–Trinajstić information content (AvgIpc) is 3.11. The SMILES string of the molecule is CC(C)Cc1cc(C(=O)OCCN2CCN(C(=O)c3ccc(OCc4ccc(F)cc4)c(CC(C)C)c3)CC2)ccc1OCc1ccc(F)cc1. The van der Waals surface area contributed by atoms with E-state index in [4.69, 9.17) is 14.2 Å². The van der Waals surface area contributed by atoms with Crippen LogP contribution in [-0.4, -0.2) is 61.0 Å². The van der Waals surface area contributed by atoms with Crippen molar-refractivity contribution in [1.29, 1.82) is 0 Å². The predicted octanol–water partition coefficient (Wildman–Crippen LogP) is 8.13. The van der Waals surface area contributed by atoms with Crippen LogP contribution in [0.3, 0.4) is 0 Å². The number of hydrogen-bond donors (Lipinski definition) is 0. The number of piperazine rings is 1. The lowest BCUT2D eigenvalue weighted by molar-refractivity contribution is 0.0411.